The average Bonchev–Trinajstić information content (AvgIpc) is 2.98. The summed E-state index contributed by atoms with van der Waals surface area (Å²) in [6, 6.07) is 7.22. The zero-order valence-corrected chi connectivity index (χ0v) is 13.8. The van der Waals surface area contributed by atoms with Gasteiger partial charge >= 0.3 is 0 Å². The Morgan fingerprint density at radius 3 is 2.96 bits per heavy atom. The van der Waals surface area contributed by atoms with Crippen molar-refractivity contribution in [3.63, 3.8) is 0 Å². The zero-order chi connectivity index (χ0) is 17.4. The van der Waals surface area contributed by atoms with E-state index in [-0.39, 0.29) is 23.9 Å². The predicted molar refractivity (Wildman–Crippen MR) is 91.1 cm³/mol. The maximum atomic E-state index is 12.5. The van der Waals surface area contributed by atoms with E-state index in [0.717, 1.165) is 24.5 Å². The lowest BCUT2D eigenvalue weighted by molar-refractivity contribution is -0.121. The van der Waals surface area contributed by atoms with Crippen molar-refractivity contribution in [1.82, 2.24) is 30.3 Å². The van der Waals surface area contributed by atoms with Gasteiger partial charge in [-0.25, -0.2) is 5.10 Å². The van der Waals surface area contributed by atoms with Gasteiger partial charge in [-0.05, 0) is 19.4 Å². The summed E-state index contributed by atoms with van der Waals surface area (Å²) in [4.78, 5) is 24.3. The van der Waals surface area contributed by atoms with Gasteiger partial charge < -0.3 is 9.88 Å². The molecule has 0 saturated carbocycles. The molecule has 2 aromatic heterocycles. The molecule has 0 unspecified atom stereocenters. The van der Waals surface area contributed by atoms with Gasteiger partial charge in [-0.2, -0.15) is 5.10 Å². The van der Waals surface area contributed by atoms with Crippen molar-refractivity contribution in [3.05, 3.63) is 52.0 Å². The van der Waals surface area contributed by atoms with E-state index in [1.807, 2.05) is 23.6 Å². The first-order valence-electron chi connectivity index (χ1n) is 8.26. The van der Waals surface area contributed by atoms with Crippen LogP contribution in [0.1, 0.15) is 23.8 Å². The van der Waals surface area contributed by atoms with Crippen molar-refractivity contribution >= 4 is 16.7 Å². The highest BCUT2D eigenvalue weighted by Gasteiger charge is 2.23. The van der Waals surface area contributed by atoms with Gasteiger partial charge in [0.25, 0.3) is 5.56 Å². The second-order valence-corrected chi connectivity index (χ2v) is 6.30. The number of aromatic amines is 1. The number of hydrogen-bond acceptors (Lipinski definition) is 5. The van der Waals surface area contributed by atoms with E-state index in [0.29, 0.717) is 23.0 Å². The van der Waals surface area contributed by atoms with Crippen LogP contribution in [0.4, 0.5) is 0 Å². The number of amides is 1. The van der Waals surface area contributed by atoms with Crippen molar-refractivity contribution in [2.24, 2.45) is 0 Å². The van der Waals surface area contributed by atoms with E-state index < -0.39 is 0 Å². The molecule has 8 nitrogen and oxygen atoms in total. The highest BCUT2D eigenvalue weighted by Crippen LogP contribution is 2.16. The van der Waals surface area contributed by atoms with E-state index in [1.54, 1.807) is 12.1 Å². The Morgan fingerprint density at radius 1 is 1.32 bits per heavy atom. The van der Waals surface area contributed by atoms with Crippen LogP contribution in [0.3, 0.4) is 0 Å². The largest absolute Gasteiger partial charge is 0.351 e. The Balaban J connectivity index is 1.49. The fraction of sp³-hybridized carbons (Fsp3) is 0.353. The summed E-state index contributed by atoms with van der Waals surface area (Å²) >= 11 is 0. The van der Waals surface area contributed by atoms with Gasteiger partial charge in [-0.3, -0.25) is 9.59 Å². The molecule has 1 aromatic carbocycles. The van der Waals surface area contributed by atoms with E-state index in [4.69, 9.17) is 0 Å². The van der Waals surface area contributed by atoms with Crippen molar-refractivity contribution in [2.45, 2.75) is 38.8 Å². The first-order valence-corrected chi connectivity index (χ1v) is 8.26. The predicted octanol–water partition coefficient (Wildman–Crippen LogP) is 0.497. The Kier molecular flexibility index (Phi) is 3.79. The van der Waals surface area contributed by atoms with Gasteiger partial charge in [-0.1, -0.05) is 18.2 Å². The first kappa shape index (κ1) is 15.5. The minimum absolute atomic E-state index is 0.0451. The van der Waals surface area contributed by atoms with Gasteiger partial charge in [0, 0.05) is 24.4 Å². The molecular weight excluding hydrogens is 320 g/mol. The maximum Gasteiger partial charge on any atom is 0.272 e. The molecule has 1 atom stereocenters. The fourth-order valence-electron chi connectivity index (χ4n) is 3.32. The van der Waals surface area contributed by atoms with Gasteiger partial charge in [-0.15, -0.1) is 10.2 Å². The molecule has 0 saturated heterocycles. The van der Waals surface area contributed by atoms with E-state index in [2.05, 4.69) is 25.7 Å². The van der Waals surface area contributed by atoms with Crippen LogP contribution in [0.2, 0.25) is 0 Å². The number of benzene rings is 1. The summed E-state index contributed by atoms with van der Waals surface area (Å²) in [6.07, 6.45) is 1.76. The summed E-state index contributed by atoms with van der Waals surface area (Å²) in [7, 11) is 0. The number of H-pyrrole nitrogens is 1. The van der Waals surface area contributed by atoms with Gasteiger partial charge in [0.15, 0.2) is 0 Å². The molecule has 0 bridgehead atoms. The third kappa shape index (κ3) is 2.90. The SMILES string of the molecule is Cc1nnc2n1C[C@H](NC(=O)Cc1n[nH]c(=O)c3ccccc13)CC2. The number of aromatic nitrogens is 5. The Labute approximate surface area is 143 Å². The van der Waals surface area contributed by atoms with Crippen LogP contribution in [0.25, 0.3) is 10.8 Å². The molecule has 1 aliphatic heterocycles. The Bertz CT molecular complexity index is 1010. The molecule has 3 aromatic rings. The molecule has 1 aliphatic rings. The second kappa shape index (κ2) is 6.12. The van der Waals surface area contributed by atoms with E-state index in [9.17, 15) is 9.59 Å². The number of carbonyl (C=O) groups excluding carboxylic acids is 1. The summed E-state index contributed by atoms with van der Waals surface area (Å²) in [5.41, 5.74) is 0.326. The van der Waals surface area contributed by atoms with Gasteiger partial charge in [0.1, 0.15) is 11.6 Å². The van der Waals surface area contributed by atoms with Gasteiger partial charge in [0.05, 0.1) is 17.5 Å². The molecule has 0 spiro atoms. The molecule has 1 amide bonds. The average molecular weight is 338 g/mol. The zero-order valence-electron chi connectivity index (χ0n) is 13.8. The summed E-state index contributed by atoms with van der Waals surface area (Å²) in [5.74, 6) is 1.72. The minimum Gasteiger partial charge on any atom is -0.351 e. The maximum absolute atomic E-state index is 12.5. The second-order valence-electron chi connectivity index (χ2n) is 6.30. The number of nitrogens with one attached hydrogen (secondary N) is 2. The summed E-state index contributed by atoms with van der Waals surface area (Å²) in [6.45, 7) is 2.59. The lowest BCUT2D eigenvalue weighted by atomic mass is 10.1. The third-order valence-electron chi connectivity index (χ3n) is 4.60. The number of fused-ring (bicyclic) bond motifs is 2. The van der Waals surface area contributed by atoms with Gasteiger partial charge in [0.2, 0.25) is 5.91 Å². The molecule has 2 N–H and O–H groups in total. The van der Waals surface area contributed by atoms with Crippen molar-refractivity contribution in [3.8, 4) is 0 Å². The number of nitrogens with zero attached hydrogens (tertiary/aromatic N) is 4. The van der Waals surface area contributed by atoms with Crippen LogP contribution in [-0.4, -0.2) is 36.9 Å². The summed E-state index contributed by atoms with van der Waals surface area (Å²) < 4.78 is 2.04. The minimum atomic E-state index is -0.248. The molecule has 8 heteroatoms. The van der Waals surface area contributed by atoms with Crippen LogP contribution in [0.15, 0.2) is 29.1 Å². The molecule has 3 heterocycles. The standard InChI is InChI=1S/C17H18N6O2/c1-10-19-21-15-7-6-11(9-23(10)15)18-16(24)8-14-12-4-2-3-5-13(12)17(25)22-20-14/h2-5,11H,6-9H2,1H3,(H,18,24)(H,22,25)/t11-/m1/s1. The highest BCUT2D eigenvalue weighted by atomic mass is 16.1. The molecule has 0 aliphatic carbocycles. The lowest BCUT2D eigenvalue weighted by Gasteiger charge is -2.24. The van der Waals surface area contributed by atoms with E-state index >= 15 is 0 Å². The van der Waals surface area contributed by atoms with Crippen LogP contribution >= 0.6 is 0 Å². The van der Waals surface area contributed by atoms with Crippen LogP contribution < -0.4 is 10.9 Å². The highest BCUT2D eigenvalue weighted by molar-refractivity contribution is 5.88. The number of aryl methyl sites for hydroxylation is 2. The Morgan fingerprint density at radius 2 is 2.12 bits per heavy atom. The fourth-order valence-corrected chi connectivity index (χ4v) is 3.32. The van der Waals surface area contributed by atoms with Crippen molar-refractivity contribution in [1.29, 1.82) is 0 Å². The molecule has 25 heavy (non-hydrogen) atoms. The first-order chi connectivity index (χ1) is 12.1. The quantitative estimate of drug-likeness (QED) is 0.723. The van der Waals surface area contributed by atoms with Crippen LogP contribution in [0.5, 0.6) is 0 Å². The molecule has 0 fully saturated rings. The summed E-state index contributed by atoms with van der Waals surface area (Å²) in [5, 5.41) is 19.0. The number of rotatable bonds is 3. The monoisotopic (exact) mass is 338 g/mol. The number of carbonyl (C=O) groups is 1. The van der Waals surface area contributed by atoms with Crippen LogP contribution in [0, 0.1) is 6.92 Å². The topological polar surface area (TPSA) is 106 Å². The molecule has 4 rings (SSSR count). The number of hydrogen-bond donors (Lipinski definition) is 2. The molecule has 0 radical (unpaired) electrons. The Hall–Kier alpha value is -3.03. The van der Waals surface area contributed by atoms with E-state index in [1.165, 1.54) is 0 Å². The van der Waals surface area contributed by atoms with Crippen molar-refractivity contribution in [2.75, 3.05) is 0 Å². The third-order valence-corrected chi connectivity index (χ3v) is 4.60. The van der Waals surface area contributed by atoms with Crippen LogP contribution in [-0.2, 0) is 24.2 Å². The molecule has 128 valence electrons. The molecular formula is C17H18N6O2. The smallest absolute Gasteiger partial charge is 0.272 e. The van der Waals surface area contributed by atoms with Crippen molar-refractivity contribution < 1.29 is 4.79 Å². The normalized spacial score (nSPS) is 16.6. The lowest BCUT2D eigenvalue weighted by Crippen LogP contribution is -2.42.